The number of hydrogen-bond donors (Lipinski definition) is 0. The van der Waals surface area contributed by atoms with E-state index in [9.17, 15) is 0 Å². The minimum atomic E-state index is 0. The molecule has 1 saturated heterocycles. The fourth-order valence-electron chi connectivity index (χ4n) is 0.304. The Morgan fingerprint density at radius 2 is 2.33 bits per heavy atom. The van der Waals surface area contributed by atoms with Crippen LogP contribution in [0.4, 0.5) is 0 Å². The Hall–Kier alpha value is -0.0800. The molecular formula is C4H10O2. The molecule has 2 N–H and O–H groups in total. The summed E-state index contributed by atoms with van der Waals surface area (Å²) in [6.45, 7) is 3.15. The monoisotopic (exact) mass is 90.1 g/mol. The molecule has 38 valence electrons. The van der Waals surface area contributed by atoms with Gasteiger partial charge in [0.1, 0.15) is 0 Å². The van der Waals surface area contributed by atoms with Gasteiger partial charge in [-0.15, -0.1) is 0 Å². The van der Waals surface area contributed by atoms with Crippen molar-refractivity contribution in [2.75, 3.05) is 6.61 Å². The van der Waals surface area contributed by atoms with E-state index >= 15 is 0 Å². The molecule has 0 radical (unpaired) electrons. The third-order valence-corrected chi connectivity index (χ3v) is 0.858. The third-order valence-electron chi connectivity index (χ3n) is 0.858. The molecule has 1 heterocycles. The van der Waals surface area contributed by atoms with E-state index in [4.69, 9.17) is 4.74 Å². The molecule has 0 amide bonds. The molecule has 1 aliphatic rings. The standard InChI is InChI=1S/C4H8O.H2O/c1-2-4-3-5-4;/h4H,2-3H2,1H3;1H2. The summed E-state index contributed by atoms with van der Waals surface area (Å²) in [5.41, 5.74) is 0. The average molecular weight is 90.1 g/mol. The number of hydrogen-bond acceptors (Lipinski definition) is 1. The quantitative estimate of drug-likeness (QED) is 0.417. The molecule has 0 aromatic carbocycles. The maximum atomic E-state index is 4.86. The van der Waals surface area contributed by atoms with Gasteiger partial charge in [0.2, 0.25) is 0 Å². The van der Waals surface area contributed by atoms with Crippen LogP contribution in [-0.4, -0.2) is 18.2 Å². The SMILES string of the molecule is CCC1CO1.O. The highest BCUT2D eigenvalue weighted by molar-refractivity contribution is 4.64. The van der Waals surface area contributed by atoms with E-state index in [0.29, 0.717) is 6.10 Å². The molecule has 2 heteroatoms. The van der Waals surface area contributed by atoms with Crippen molar-refractivity contribution in [2.24, 2.45) is 0 Å². The zero-order valence-electron chi connectivity index (χ0n) is 3.90. The van der Waals surface area contributed by atoms with Gasteiger partial charge >= 0.3 is 0 Å². The van der Waals surface area contributed by atoms with Gasteiger partial charge in [-0.1, -0.05) is 6.92 Å². The van der Waals surface area contributed by atoms with Crippen molar-refractivity contribution in [3.05, 3.63) is 0 Å². The molecule has 0 aliphatic carbocycles. The second-order valence-electron chi connectivity index (χ2n) is 1.36. The first-order valence-electron chi connectivity index (χ1n) is 2.05. The number of ether oxygens (including phenoxy) is 1. The molecule has 0 aromatic rings. The molecule has 1 unspecified atom stereocenters. The molecule has 0 aromatic heterocycles. The largest absolute Gasteiger partial charge is 0.412 e. The lowest BCUT2D eigenvalue weighted by atomic mass is 10.4. The first kappa shape index (κ1) is 5.92. The van der Waals surface area contributed by atoms with Crippen LogP contribution in [0.25, 0.3) is 0 Å². The van der Waals surface area contributed by atoms with Crippen molar-refractivity contribution in [1.82, 2.24) is 0 Å². The van der Waals surface area contributed by atoms with Crippen molar-refractivity contribution in [3.8, 4) is 0 Å². The fraction of sp³-hybridized carbons (Fsp3) is 1.00. The zero-order chi connectivity index (χ0) is 3.70. The first-order valence-corrected chi connectivity index (χ1v) is 2.05. The van der Waals surface area contributed by atoms with Crippen LogP contribution in [0.1, 0.15) is 13.3 Å². The molecule has 2 nitrogen and oxygen atoms in total. The van der Waals surface area contributed by atoms with Crippen LogP contribution >= 0.6 is 0 Å². The fourth-order valence-corrected chi connectivity index (χ4v) is 0.304. The smallest absolute Gasteiger partial charge is 0.0807 e. The molecule has 1 fully saturated rings. The Bertz CT molecular complexity index is 32.5. The van der Waals surface area contributed by atoms with E-state index in [-0.39, 0.29) is 5.48 Å². The predicted octanol–water partition coefficient (Wildman–Crippen LogP) is -0.0295. The van der Waals surface area contributed by atoms with Gasteiger partial charge in [0, 0.05) is 0 Å². The molecular weight excluding hydrogens is 80.0 g/mol. The Balaban J connectivity index is 0.000000250. The second-order valence-corrected chi connectivity index (χ2v) is 1.36. The Kier molecular flexibility index (Phi) is 2.13. The maximum Gasteiger partial charge on any atom is 0.0807 e. The predicted molar refractivity (Wildman–Crippen MR) is 23.6 cm³/mol. The molecule has 0 bridgehead atoms. The van der Waals surface area contributed by atoms with Crippen molar-refractivity contribution in [3.63, 3.8) is 0 Å². The lowest BCUT2D eigenvalue weighted by molar-refractivity contribution is 0.403. The van der Waals surface area contributed by atoms with E-state index in [1.165, 1.54) is 6.42 Å². The van der Waals surface area contributed by atoms with E-state index in [0.717, 1.165) is 6.61 Å². The van der Waals surface area contributed by atoms with Crippen LogP contribution in [0.2, 0.25) is 0 Å². The summed E-state index contributed by atoms with van der Waals surface area (Å²) in [5, 5.41) is 0. The topological polar surface area (TPSA) is 44.0 Å². The molecule has 0 saturated carbocycles. The molecule has 1 atom stereocenters. The summed E-state index contributed by atoms with van der Waals surface area (Å²) < 4.78 is 4.86. The summed E-state index contributed by atoms with van der Waals surface area (Å²) in [4.78, 5) is 0. The average Bonchev–Trinajstić information content (AvgIpc) is 2.12. The summed E-state index contributed by atoms with van der Waals surface area (Å²) in [5.74, 6) is 0. The van der Waals surface area contributed by atoms with E-state index in [1.807, 2.05) is 0 Å². The van der Waals surface area contributed by atoms with Crippen LogP contribution in [0.5, 0.6) is 0 Å². The van der Waals surface area contributed by atoms with E-state index in [1.54, 1.807) is 0 Å². The normalized spacial score (nSPS) is 28.5. The number of rotatable bonds is 1. The van der Waals surface area contributed by atoms with Gasteiger partial charge in [0.25, 0.3) is 0 Å². The summed E-state index contributed by atoms with van der Waals surface area (Å²) in [6.07, 6.45) is 1.83. The summed E-state index contributed by atoms with van der Waals surface area (Å²) >= 11 is 0. The van der Waals surface area contributed by atoms with E-state index < -0.39 is 0 Å². The number of epoxide rings is 1. The van der Waals surface area contributed by atoms with Gasteiger partial charge in [-0.25, -0.2) is 0 Å². The molecule has 0 spiro atoms. The van der Waals surface area contributed by atoms with Crippen LogP contribution < -0.4 is 0 Å². The Morgan fingerprint density at radius 3 is 2.33 bits per heavy atom. The zero-order valence-corrected chi connectivity index (χ0v) is 3.90. The van der Waals surface area contributed by atoms with Crippen molar-refractivity contribution >= 4 is 0 Å². The molecule has 6 heavy (non-hydrogen) atoms. The minimum Gasteiger partial charge on any atom is -0.412 e. The second kappa shape index (κ2) is 2.16. The van der Waals surface area contributed by atoms with Crippen LogP contribution in [0.3, 0.4) is 0 Å². The van der Waals surface area contributed by atoms with Gasteiger partial charge in [-0.2, -0.15) is 0 Å². The lowest BCUT2D eigenvalue weighted by Gasteiger charge is -1.69. The maximum absolute atomic E-state index is 4.86. The van der Waals surface area contributed by atoms with Crippen molar-refractivity contribution < 1.29 is 10.2 Å². The minimum absolute atomic E-state index is 0. The van der Waals surface area contributed by atoms with Gasteiger partial charge in [0.15, 0.2) is 0 Å². The van der Waals surface area contributed by atoms with Crippen LogP contribution in [0, 0.1) is 0 Å². The van der Waals surface area contributed by atoms with Crippen LogP contribution in [-0.2, 0) is 4.74 Å². The van der Waals surface area contributed by atoms with Gasteiger partial charge in [-0.3, -0.25) is 0 Å². The molecule has 1 aliphatic heterocycles. The van der Waals surface area contributed by atoms with Crippen LogP contribution in [0.15, 0.2) is 0 Å². The highest BCUT2D eigenvalue weighted by Gasteiger charge is 2.18. The lowest BCUT2D eigenvalue weighted by Crippen LogP contribution is -1.73. The van der Waals surface area contributed by atoms with Crippen molar-refractivity contribution in [1.29, 1.82) is 0 Å². The van der Waals surface area contributed by atoms with Gasteiger partial charge in [-0.05, 0) is 6.42 Å². The first-order chi connectivity index (χ1) is 2.43. The van der Waals surface area contributed by atoms with Gasteiger partial charge in [0.05, 0.1) is 12.7 Å². The Labute approximate surface area is 37.4 Å². The van der Waals surface area contributed by atoms with E-state index in [2.05, 4.69) is 6.92 Å². The highest BCUT2D eigenvalue weighted by Crippen LogP contribution is 2.10. The van der Waals surface area contributed by atoms with Gasteiger partial charge < -0.3 is 10.2 Å². The summed E-state index contributed by atoms with van der Waals surface area (Å²) in [7, 11) is 0. The highest BCUT2D eigenvalue weighted by atomic mass is 16.6. The molecule has 1 rings (SSSR count). The third kappa shape index (κ3) is 1.38. The Morgan fingerprint density at radius 1 is 1.83 bits per heavy atom. The summed E-state index contributed by atoms with van der Waals surface area (Å²) in [6, 6.07) is 0. The van der Waals surface area contributed by atoms with Crippen molar-refractivity contribution in [2.45, 2.75) is 19.4 Å².